The summed E-state index contributed by atoms with van der Waals surface area (Å²) in [6, 6.07) is 6.04. The summed E-state index contributed by atoms with van der Waals surface area (Å²) >= 11 is 2.19. The van der Waals surface area contributed by atoms with Crippen LogP contribution in [0.1, 0.15) is 41.5 Å². The van der Waals surface area contributed by atoms with Crippen LogP contribution < -0.4 is 5.32 Å². The monoisotopic (exact) mass is 492 g/mol. The van der Waals surface area contributed by atoms with Gasteiger partial charge in [0.2, 0.25) is 5.91 Å². The Hall–Kier alpha value is -2.84. The summed E-state index contributed by atoms with van der Waals surface area (Å²) in [4.78, 5) is 21.3. The van der Waals surface area contributed by atoms with Gasteiger partial charge in [0.1, 0.15) is 22.5 Å². The Morgan fingerprint density at radius 2 is 2.24 bits per heavy atom. The van der Waals surface area contributed by atoms with Crippen molar-refractivity contribution in [2.45, 2.75) is 43.9 Å². The van der Waals surface area contributed by atoms with Gasteiger partial charge in [-0.05, 0) is 48.9 Å². The first-order chi connectivity index (χ1) is 15.8. The normalized spacial score (nSPS) is 15.7. The molecule has 0 fully saturated rings. The zero-order valence-electron chi connectivity index (χ0n) is 17.5. The van der Waals surface area contributed by atoms with Gasteiger partial charge in [-0.15, -0.1) is 11.3 Å². The number of nitrogens with one attached hydrogen (secondary N) is 1. The van der Waals surface area contributed by atoms with Crippen molar-refractivity contribution >= 4 is 34.0 Å². The lowest BCUT2D eigenvalue weighted by atomic mass is 9.86. The van der Waals surface area contributed by atoms with Crippen LogP contribution in [0, 0.1) is 17.2 Å². The van der Waals surface area contributed by atoms with Gasteiger partial charge in [-0.25, -0.2) is 9.97 Å². The Balaban J connectivity index is 1.49. The van der Waals surface area contributed by atoms with Crippen LogP contribution in [-0.2, 0) is 23.8 Å². The summed E-state index contributed by atoms with van der Waals surface area (Å²) in [5, 5.41) is 12.6. The molecule has 1 N–H and O–H groups in total. The Bertz CT molecular complexity index is 1200. The minimum absolute atomic E-state index is 0.0200. The van der Waals surface area contributed by atoms with Crippen molar-refractivity contribution in [2.75, 3.05) is 11.1 Å². The molecule has 3 aromatic heterocycles. The summed E-state index contributed by atoms with van der Waals surface area (Å²) in [6.45, 7) is 2.14. The van der Waals surface area contributed by atoms with Gasteiger partial charge in [0, 0.05) is 4.88 Å². The van der Waals surface area contributed by atoms with Gasteiger partial charge in [0.05, 0.1) is 17.6 Å². The zero-order valence-corrected chi connectivity index (χ0v) is 19.2. The molecule has 0 radical (unpaired) electrons. The number of amides is 1. The van der Waals surface area contributed by atoms with E-state index in [0.717, 1.165) is 54.0 Å². The van der Waals surface area contributed by atoms with Crippen LogP contribution in [-0.4, -0.2) is 21.6 Å². The maximum Gasteiger partial charge on any atom is 0.433 e. The van der Waals surface area contributed by atoms with Crippen molar-refractivity contribution in [2.24, 2.45) is 5.92 Å². The van der Waals surface area contributed by atoms with Gasteiger partial charge < -0.3 is 9.73 Å². The van der Waals surface area contributed by atoms with Crippen LogP contribution in [0.15, 0.2) is 34.0 Å². The fraction of sp³-hybridized carbons (Fsp3) is 0.364. The van der Waals surface area contributed by atoms with Crippen LogP contribution in [0.5, 0.6) is 0 Å². The number of alkyl halides is 3. The highest BCUT2D eigenvalue weighted by Gasteiger charge is 2.34. The molecule has 172 valence electrons. The number of halogens is 3. The van der Waals surface area contributed by atoms with Crippen LogP contribution in [0.4, 0.5) is 18.2 Å². The summed E-state index contributed by atoms with van der Waals surface area (Å²) in [5.41, 5.74) is 0.348. The number of nitrogens with zero attached hydrogens (tertiary/aromatic N) is 3. The van der Waals surface area contributed by atoms with E-state index in [1.165, 1.54) is 23.7 Å². The highest BCUT2D eigenvalue weighted by molar-refractivity contribution is 7.99. The van der Waals surface area contributed by atoms with Crippen LogP contribution in [0.25, 0.3) is 11.5 Å². The molecule has 1 aliphatic carbocycles. The van der Waals surface area contributed by atoms with E-state index in [1.807, 2.05) is 0 Å². The molecular formula is C22H19F3N4O2S2. The molecule has 1 atom stereocenters. The second-order valence-corrected chi connectivity index (χ2v) is 9.62. The predicted octanol–water partition coefficient (Wildman–Crippen LogP) is 5.93. The minimum atomic E-state index is -4.67. The smallest absolute Gasteiger partial charge is 0.433 e. The molecule has 0 aromatic carbocycles. The molecule has 0 saturated heterocycles. The van der Waals surface area contributed by atoms with Crippen LogP contribution in [0.3, 0.4) is 0 Å². The first-order valence-corrected chi connectivity index (χ1v) is 12.1. The van der Waals surface area contributed by atoms with Crippen molar-refractivity contribution in [3.8, 4) is 17.5 Å². The SMILES string of the molecule is CC[C@H]1CCc2c(sc(NC(=O)CSc3nc(-c4ccco4)cc(C(F)(F)F)n3)c2C#N)C1. The predicted molar refractivity (Wildman–Crippen MR) is 119 cm³/mol. The van der Waals surface area contributed by atoms with E-state index in [1.54, 1.807) is 6.07 Å². The molecule has 3 heterocycles. The van der Waals surface area contributed by atoms with Gasteiger partial charge >= 0.3 is 6.18 Å². The first-order valence-electron chi connectivity index (χ1n) is 10.3. The zero-order chi connectivity index (χ0) is 23.6. The van der Waals surface area contributed by atoms with Crippen LogP contribution in [0.2, 0.25) is 0 Å². The number of rotatable bonds is 6. The highest BCUT2D eigenvalue weighted by atomic mass is 32.2. The fourth-order valence-corrected chi connectivity index (χ4v) is 5.67. The summed E-state index contributed by atoms with van der Waals surface area (Å²) < 4.78 is 45.0. The maximum absolute atomic E-state index is 13.3. The van der Waals surface area contributed by atoms with E-state index in [4.69, 9.17) is 4.42 Å². The second kappa shape index (κ2) is 9.57. The van der Waals surface area contributed by atoms with E-state index in [2.05, 4.69) is 28.3 Å². The van der Waals surface area contributed by atoms with E-state index < -0.39 is 17.8 Å². The summed E-state index contributed by atoms with van der Waals surface area (Å²) in [7, 11) is 0. The van der Waals surface area contributed by atoms with Gasteiger partial charge in [-0.2, -0.15) is 18.4 Å². The van der Waals surface area contributed by atoms with Crippen molar-refractivity contribution in [1.29, 1.82) is 5.26 Å². The number of thiophene rings is 1. The third-order valence-electron chi connectivity index (χ3n) is 5.41. The molecule has 11 heteroatoms. The Morgan fingerprint density at radius 1 is 1.42 bits per heavy atom. The molecule has 3 aromatic rings. The molecule has 1 amide bonds. The minimum Gasteiger partial charge on any atom is -0.463 e. The van der Waals surface area contributed by atoms with Gasteiger partial charge in [-0.3, -0.25) is 4.79 Å². The van der Waals surface area contributed by atoms with E-state index in [-0.39, 0.29) is 22.4 Å². The lowest BCUT2D eigenvalue weighted by Gasteiger charge is -2.20. The number of fused-ring (bicyclic) bond motifs is 1. The molecule has 0 unspecified atom stereocenters. The third-order valence-corrected chi connectivity index (χ3v) is 7.43. The molecule has 0 saturated carbocycles. The molecule has 4 rings (SSSR count). The van der Waals surface area contributed by atoms with E-state index in [0.29, 0.717) is 16.5 Å². The molecule has 0 bridgehead atoms. The molecule has 0 aliphatic heterocycles. The lowest BCUT2D eigenvalue weighted by Crippen LogP contribution is -2.15. The number of nitriles is 1. The highest BCUT2D eigenvalue weighted by Crippen LogP contribution is 2.40. The number of aromatic nitrogens is 2. The van der Waals surface area contributed by atoms with Crippen molar-refractivity contribution in [1.82, 2.24) is 9.97 Å². The molecular weight excluding hydrogens is 473 g/mol. The second-order valence-electron chi connectivity index (χ2n) is 7.57. The summed E-state index contributed by atoms with van der Waals surface area (Å²) in [5.74, 6) is 0.0949. The Labute approximate surface area is 196 Å². The standard InChI is InChI=1S/C22H19F3N4O2S2/c1-2-12-5-6-13-14(10-26)20(33-17(13)8-12)29-19(30)11-32-21-27-15(16-4-3-7-31-16)9-18(28-21)22(23,24)25/h3-4,7,9,12H,2,5-6,8,11H2,1H3,(H,29,30)/t12-/m0/s1. The maximum atomic E-state index is 13.3. The third kappa shape index (κ3) is 5.23. The molecule has 6 nitrogen and oxygen atoms in total. The average Bonchev–Trinajstić information content (AvgIpc) is 3.44. The van der Waals surface area contributed by atoms with Crippen molar-refractivity contribution in [3.63, 3.8) is 0 Å². The van der Waals surface area contributed by atoms with Gasteiger partial charge in [-0.1, -0.05) is 25.1 Å². The number of furan rings is 1. The Kier molecular flexibility index (Phi) is 6.76. The van der Waals surface area contributed by atoms with E-state index >= 15 is 0 Å². The number of thioether (sulfide) groups is 1. The number of carbonyl (C=O) groups excluding carboxylic acids is 1. The molecule has 33 heavy (non-hydrogen) atoms. The van der Waals surface area contributed by atoms with Crippen molar-refractivity contribution < 1.29 is 22.4 Å². The quantitative estimate of drug-likeness (QED) is 0.339. The average molecular weight is 493 g/mol. The van der Waals surface area contributed by atoms with Crippen LogP contribution >= 0.6 is 23.1 Å². The fourth-order valence-electron chi connectivity index (χ4n) is 3.69. The first kappa shape index (κ1) is 23.3. The number of hydrogen-bond acceptors (Lipinski definition) is 7. The largest absolute Gasteiger partial charge is 0.463 e. The molecule has 0 spiro atoms. The molecule has 1 aliphatic rings. The van der Waals surface area contributed by atoms with Gasteiger partial charge in [0.25, 0.3) is 0 Å². The van der Waals surface area contributed by atoms with Gasteiger partial charge in [0.15, 0.2) is 10.9 Å². The summed E-state index contributed by atoms with van der Waals surface area (Å²) in [6.07, 6.45) is 0.448. The lowest BCUT2D eigenvalue weighted by molar-refractivity contribution is -0.141. The number of anilines is 1. The number of carbonyl (C=O) groups is 1. The Morgan fingerprint density at radius 3 is 2.91 bits per heavy atom. The van der Waals surface area contributed by atoms with E-state index in [9.17, 15) is 23.2 Å². The van der Waals surface area contributed by atoms with Crippen molar-refractivity contribution in [3.05, 3.63) is 46.2 Å². The number of hydrogen-bond donors (Lipinski definition) is 1. The topological polar surface area (TPSA) is 91.8 Å².